The number of aliphatic hydroxyl groups excluding tert-OH is 1. The zero-order valence-electron chi connectivity index (χ0n) is 7.49. The number of aromatic amines is 1. The molecule has 0 aromatic carbocycles. The first-order valence-electron chi connectivity index (χ1n) is 4.29. The third kappa shape index (κ3) is 2.04. The Balaban J connectivity index is 2.53. The Kier molecular flexibility index (Phi) is 3.22. The molecule has 1 aromatic heterocycles. The molecular formula is C8H15N3O. The van der Waals surface area contributed by atoms with E-state index in [2.05, 4.69) is 22.1 Å². The van der Waals surface area contributed by atoms with E-state index in [-0.39, 0.29) is 5.92 Å². The van der Waals surface area contributed by atoms with Crippen LogP contribution in [0.3, 0.4) is 0 Å². The van der Waals surface area contributed by atoms with Crippen LogP contribution in [0.25, 0.3) is 0 Å². The monoisotopic (exact) mass is 169 g/mol. The van der Waals surface area contributed by atoms with Crippen molar-refractivity contribution in [2.45, 2.75) is 32.8 Å². The number of hydrogen-bond donors (Lipinski definition) is 2. The summed E-state index contributed by atoms with van der Waals surface area (Å²) in [6.45, 7) is 4.11. The van der Waals surface area contributed by atoms with Gasteiger partial charge in [0.15, 0.2) is 5.82 Å². The quantitative estimate of drug-likeness (QED) is 0.713. The van der Waals surface area contributed by atoms with Crippen molar-refractivity contribution in [1.29, 1.82) is 0 Å². The second-order valence-corrected chi connectivity index (χ2v) is 3.08. The van der Waals surface area contributed by atoms with Gasteiger partial charge in [-0.1, -0.05) is 20.3 Å². The van der Waals surface area contributed by atoms with Crippen LogP contribution in [0, 0.1) is 5.92 Å². The summed E-state index contributed by atoms with van der Waals surface area (Å²) < 4.78 is 0. The van der Waals surface area contributed by atoms with Crippen LogP contribution in [0.1, 0.15) is 38.6 Å². The molecule has 1 heterocycles. The zero-order valence-corrected chi connectivity index (χ0v) is 7.49. The Morgan fingerprint density at radius 3 is 2.92 bits per heavy atom. The van der Waals surface area contributed by atoms with Crippen molar-refractivity contribution in [3.05, 3.63) is 12.2 Å². The van der Waals surface area contributed by atoms with Crippen LogP contribution >= 0.6 is 0 Å². The molecule has 2 atom stereocenters. The molecule has 0 aliphatic carbocycles. The van der Waals surface area contributed by atoms with Crippen molar-refractivity contribution in [3.63, 3.8) is 0 Å². The van der Waals surface area contributed by atoms with E-state index in [1.165, 1.54) is 6.33 Å². The molecule has 68 valence electrons. The van der Waals surface area contributed by atoms with Gasteiger partial charge in [0.05, 0.1) is 0 Å². The molecule has 0 aliphatic heterocycles. The van der Waals surface area contributed by atoms with E-state index in [4.69, 9.17) is 0 Å². The lowest BCUT2D eigenvalue weighted by molar-refractivity contribution is 0.104. The second kappa shape index (κ2) is 4.21. The SMILES string of the molecule is CCCC(C)C(O)c1ncn[nH]1. The van der Waals surface area contributed by atoms with Gasteiger partial charge < -0.3 is 5.11 Å². The fourth-order valence-corrected chi connectivity index (χ4v) is 1.24. The lowest BCUT2D eigenvalue weighted by atomic mass is 9.99. The molecule has 0 radical (unpaired) electrons. The third-order valence-corrected chi connectivity index (χ3v) is 2.00. The van der Waals surface area contributed by atoms with Gasteiger partial charge in [-0.2, -0.15) is 5.10 Å². The highest BCUT2D eigenvalue weighted by Gasteiger charge is 2.17. The third-order valence-electron chi connectivity index (χ3n) is 2.00. The first-order chi connectivity index (χ1) is 5.75. The van der Waals surface area contributed by atoms with Gasteiger partial charge in [-0.25, -0.2) is 4.98 Å². The van der Waals surface area contributed by atoms with E-state index >= 15 is 0 Å². The topological polar surface area (TPSA) is 61.8 Å². The van der Waals surface area contributed by atoms with Crippen molar-refractivity contribution in [3.8, 4) is 0 Å². The van der Waals surface area contributed by atoms with Gasteiger partial charge in [0.2, 0.25) is 0 Å². The van der Waals surface area contributed by atoms with E-state index < -0.39 is 6.10 Å². The number of aliphatic hydroxyl groups is 1. The summed E-state index contributed by atoms with van der Waals surface area (Å²) in [6.07, 6.45) is 2.98. The fraction of sp³-hybridized carbons (Fsp3) is 0.750. The Bertz CT molecular complexity index is 210. The summed E-state index contributed by atoms with van der Waals surface area (Å²) in [5.74, 6) is 0.805. The highest BCUT2D eigenvalue weighted by Crippen LogP contribution is 2.21. The summed E-state index contributed by atoms with van der Waals surface area (Å²) in [4.78, 5) is 3.90. The van der Waals surface area contributed by atoms with Crippen molar-refractivity contribution >= 4 is 0 Å². The largest absolute Gasteiger partial charge is 0.385 e. The maximum Gasteiger partial charge on any atom is 0.153 e. The number of nitrogens with zero attached hydrogens (tertiary/aromatic N) is 2. The number of hydrogen-bond acceptors (Lipinski definition) is 3. The smallest absolute Gasteiger partial charge is 0.153 e. The van der Waals surface area contributed by atoms with Crippen LogP contribution in [-0.2, 0) is 0 Å². The van der Waals surface area contributed by atoms with Crippen LogP contribution in [0.4, 0.5) is 0 Å². The van der Waals surface area contributed by atoms with Gasteiger partial charge in [0.1, 0.15) is 12.4 Å². The number of nitrogens with one attached hydrogen (secondary N) is 1. The van der Waals surface area contributed by atoms with Gasteiger partial charge in [0.25, 0.3) is 0 Å². The van der Waals surface area contributed by atoms with E-state index in [0.29, 0.717) is 5.82 Å². The fourth-order valence-electron chi connectivity index (χ4n) is 1.24. The molecule has 0 saturated heterocycles. The average Bonchev–Trinajstić information content (AvgIpc) is 2.55. The molecule has 0 spiro atoms. The Morgan fingerprint density at radius 2 is 2.42 bits per heavy atom. The molecule has 0 amide bonds. The van der Waals surface area contributed by atoms with Gasteiger partial charge in [-0.05, 0) is 12.3 Å². The molecule has 0 aliphatic rings. The first kappa shape index (κ1) is 9.19. The standard InChI is InChI=1S/C8H15N3O/c1-3-4-6(2)7(12)8-9-5-10-11-8/h5-7,12H,3-4H2,1-2H3,(H,9,10,11). The van der Waals surface area contributed by atoms with E-state index in [0.717, 1.165) is 12.8 Å². The number of aromatic nitrogens is 3. The van der Waals surface area contributed by atoms with E-state index in [1.807, 2.05) is 6.92 Å². The average molecular weight is 169 g/mol. The summed E-state index contributed by atoms with van der Waals surface area (Å²) in [6, 6.07) is 0. The normalized spacial score (nSPS) is 15.9. The molecule has 4 nitrogen and oxygen atoms in total. The van der Waals surface area contributed by atoms with Crippen LogP contribution < -0.4 is 0 Å². The number of H-pyrrole nitrogens is 1. The summed E-state index contributed by atoms with van der Waals surface area (Å²) in [5, 5.41) is 16.0. The molecule has 0 fully saturated rings. The van der Waals surface area contributed by atoms with E-state index in [9.17, 15) is 5.11 Å². The molecule has 0 bridgehead atoms. The first-order valence-corrected chi connectivity index (χ1v) is 4.29. The Labute approximate surface area is 72.0 Å². The predicted octanol–water partition coefficient (Wildman–Crippen LogP) is 1.27. The predicted molar refractivity (Wildman–Crippen MR) is 45.4 cm³/mol. The van der Waals surface area contributed by atoms with Crippen LogP contribution in [0.2, 0.25) is 0 Å². The minimum absolute atomic E-state index is 0.239. The van der Waals surface area contributed by atoms with E-state index in [1.54, 1.807) is 0 Å². The maximum atomic E-state index is 9.68. The van der Waals surface area contributed by atoms with Crippen LogP contribution in [0.15, 0.2) is 6.33 Å². The molecule has 4 heteroatoms. The number of rotatable bonds is 4. The minimum atomic E-state index is -0.507. The lowest BCUT2D eigenvalue weighted by Crippen LogP contribution is -2.10. The van der Waals surface area contributed by atoms with Crippen molar-refractivity contribution in [2.75, 3.05) is 0 Å². The highest BCUT2D eigenvalue weighted by molar-refractivity contribution is 4.88. The second-order valence-electron chi connectivity index (χ2n) is 3.08. The van der Waals surface area contributed by atoms with Crippen molar-refractivity contribution in [1.82, 2.24) is 15.2 Å². The highest BCUT2D eigenvalue weighted by atomic mass is 16.3. The minimum Gasteiger partial charge on any atom is -0.385 e. The van der Waals surface area contributed by atoms with Crippen LogP contribution in [-0.4, -0.2) is 20.3 Å². The molecule has 1 aromatic rings. The molecule has 0 saturated carbocycles. The summed E-state index contributed by atoms with van der Waals surface area (Å²) in [7, 11) is 0. The lowest BCUT2D eigenvalue weighted by Gasteiger charge is -2.14. The molecule has 2 unspecified atom stereocenters. The van der Waals surface area contributed by atoms with Crippen LogP contribution in [0.5, 0.6) is 0 Å². The summed E-state index contributed by atoms with van der Waals surface area (Å²) >= 11 is 0. The molecular weight excluding hydrogens is 154 g/mol. The van der Waals surface area contributed by atoms with Crippen molar-refractivity contribution in [2.24, 2.45) is 5.92 Å². The Hall–Kier alpha value is -0.900. The van der Waals surface area contributed by atoms with Gasteiger partial charge in [0, 0.05) is 0 Å². The summed E-state index contributed by atoms with van der Waals surface area (Å²) in [5.41, 5.74) is 0. The van der Waals surface area contributed by atoms with Gasteiger partial charge >= 0.3 is 0 Å². The Morgan fingerprint density at radius 1 is 1.67 bits per heavy atom. The molecule has 2 N–H and O–H groups in total. The zero-order chi connectivity index (χ0) is 8.97. The molecule has 12 heavy (non-hydrogen) atoms. The van der Waals surface area contributed by atoms with Gasteiger partial charge in [-0.3, -0.25) is 5.10 Å². The van der Waals surface area contributed by atoms with Crippen molar-refractivity contribution < 1.29 is 5.11 Å². The van der Waals surface area contributed by atoms with Gasteiger partial charge in [-0.15, -0.1) is 0 Å². The maximum absolute atomic E-state index is 9.68. The molecule has 1 rings (SSSR count).